The number of carboxylic acid groups (broad SMARTS) is 2. The Kier molecular flexibility index (Phi) is 2.09. The predicted octanol–water partition coefficient (Wildman–Crippen LogP) is -0.866. The molecule has 0 aromatic rings. The zero-order valence-electron chi connectivity index (χ0n) is 5.78. The Morgan fingerprint density at radius 2 is 2.09 bits per heavy atom. The van der Waals surface area contributed by atoms with Gasteiger partial charge in [0.2, 0.25) is 0 Å². The molecule has 1 aliphatic rings. The molecule has 1 rings (SSSR count). The Labute approximate surface area is 63.0 Å². The van der Waals surface area contributed by atoms with Crippen molar-refractivity contribution in [3.05, 3.63) is 0 Å². The number of rotatable bonds is 4. The van der Waals surface area contributed by atoms with E-state index in [9.17, 15) is 9.59 Å². The van der Waals surface area contributed by atoms with Gasteiger partial charge in [-0.3, -0.25) is 9.59 Å². The van der Waals surface area contributed by atoms with E-state index in [2.05, 4.69) is 5.32 Å². The largest absolute Gasteiger partial charge is 0.481 e. The van der Waals surface area contributed by atoms with Gasteiger partial charge in [-0.05, 0) is 0 Å². The molecule has 0 aromatic carbocycles. The van der Waals surface area contributed by atoms with E-state index in [-0.39, 0.29) is 12.5 Å². The van der Waals surface area contributed by atoms with Crippen molar-refractivity contribution in [3.8, 4) is 0 Å². The Morgan fingerprint density at radius 1 is 1.55 bits per heavy atom. The van der Waals surface area contributed by atoms with Crippen molar-refractivity contribution < 1.29 is 19.8 Å². The minimum Gasteiger partial charge on any atom is -0.481 e. The van der Waals surface area contributed by atoms with Crippen molar-refractivity contribution in [2.45, 2.75) is 12.5 Å². The van der Waals surface area contributed by atoms with Crippen molar-refractivity contribution >= 4 is 11.9 Å². The van der Waals surface area contributed by atoms with E-state index >= 15 is 0 Å². The first-order valence-corrected chi connectivity index (χ1v) is 3.29. The molecule has 2 atom stereocenters. The van der Waals surface area contributed by atoms with Gasteiger partial charge >= 0.3 is 11.9 Å². The normalized spacial score (nSPS) is 24.2. The molecule has 5 nitrogen and oxygen atoms in total. The van der Waals surface area contributed by atoms with Crippen molar-refractivity contribution in [1.82, 2.24) is 5.32 Å². The van der Waals surface area contributed by atoms with E-state index in [1.807, 2.05) is 0 Å². The molecule has 11 heavy (non-hydrogen) atoms. The molecule has 3 N–H and O–H groups in total. The van der Waals surface area contributed by atoms with Crippen LogP contribution in [0.5, 0.6) is 0 Å². The van der Waals surface area contributed by atoms with Gasteiger partial charge in [0, 0.05) is 12.6 Å². The summed E-state index contributed by atoms with van der Waals surface area (Å²) in [5, 5.41) is 19.6. The molecule has 0 saturated carbocycles. The lowest BCUT2D eigenvalue weighted by Gasteiger charge is -2.05. The molecule has 1 heterocycles. The fraction of sp³-hybridized carbons (Fsp3) is 0.667. The molecule has 0 aromatic heterocycles. The number of carbonyl (C=O) groups is 2. The van der Waals surface area contributed by atoms with E-state index in [0.29, 0.717) is 6.54 Å². The van der Waals surface area contributed by atoms with Gasteiger partial charge in [-0.2, -0.15) is 0 Å². The quantitative estimate of drug-likeness (QED) is 0.463. The summed E-state index contributed by atoms with van der Waals surface area (Å²) in [6.45, 7) is 0.615. The molecule has 1 fully saturated rings. The summed E-state index contributed by atoms with van der Waals surface area (Å²) in [4.78, 5) is 20.6. The summed E-state index contributed by atoms with van der Waals surface area (Å²) in [6, 6.07) is -0.136. The fourth-order valence-corrected chi connectivity index (χ4v) is 0.942. The predicted molar refractivity (Wildman–Crippen MR) is 35.2 cm³/mol. The van der Waals surface area contributed by atoms with Crippen LogP contribution in [0.2, 0.25) is 0 Å². The molecule has 5 heteroatoms. The summed E-state index contributed by atoms with van der Waals surface area (Å²) in [7, 11) is 0. The van der Waals surface area contributed by atoms with Gasteiger partial charge in [0.1, 0.15) is 0 Å². The van der Waals surface area contributed by atoms with E-state index in [4.69, 9.17) is 10.2 Å². The smallest absolute Gasteiger partial charge is 0.308 e. The van der Waals surface area contributed by atoms with Crippen LogP contribution < -0.4 is 5.32 Å². The highest BCUT2D eigenvalue weighted by Gasteiger charge is 2.37. The monoisotopic (exact) mass is 159 g/mol. The molecule has 0 bridgehead atoms. The van der Waals surface area contributed by atoms with Crippen LogP contribution in [0, 0.1) is 5.92 Å². The topological polar surface area (TPSA) is 96.5 Å². The van der Waals surface area contributed by atoms with Crippen molar-refractivity contribution in [2.75, 3.05) is 6.54 Å². The third-order valence-electron chi connectivity index (χ3n) is 1.64. The number of nitrogens with one attached hydrogen (secondary N) is 1. The Morgan fingerprint density at radius 3 is 2.36 bits per heavy atom. The molecule has 0 radical (unpaired) electrons. The number of hydrogen-bond acceptors (Lipinski definition) is 3. The molecule has 62 valence electrons. The first-order chi connectivity index (χ1) is 5.11. The zero-order valence-corrected chi connectivity index (χ0v) is 5.78. The second kappa shape index (κ2) is 2.87. The van der Waals surface area contributed by atoms with Gasteiger partial charge in [-0.25, -0.2) is 0 Å². The Bertz CT molecular complexity index is 187. The number of hydrogen-bond donors (Lipinski definition) is 3. The van der Waals surface area contributed by atoms with Gasteiger partial charge in [0.25, 0.3) is 0 Å². The minimum absolute atomic E-state index is 0.136. The summed E-state index contributed by atoms with van der Waals surface area (Å²) in [5.74, 6) is -2.87. The van der Waals surface area contributed by atoms with Crippen LogP contribution in [0.3, 0.4) is 0 Å². The Balaban J connectivity index is 2.45. The van der Waals surface area contributed by atoms with E-state index in [0.717, 1.165) is 0 Å². The van der Waals surface area contributed by atoms with Crippen LogP contribution >= 0.6 is 0 Å². The summed E-state index contributed by atoms with van der Waals surface area (Å²) in [5.41, 5.74) is 0. The van der Waals surface area contributed by atoms with Gasteiger partial charge in [-0.1, -0.05) is 0 Å². The maximum absolute atomic E-state index is 10.4. The van der Waals surface area contributed by atoms with Crippen LogP contribution in [-0.2, 0) is 9.59 Å². The van der Waals surface area contributed by atoms with Crippen molar-refractivity contribution in [2.24, 2.45) is 5.92 Å². The van der Waals surface area contributed by atoms with E-state index < -0.39 is 17.9 Å². The lowest BCUT2D eigenvalue weighted by atomic mass is 10.0. The van der Waals surface area contributed by atoms with Gasteiger partial charge < -0.3 is 15.5 Å². The molecular formula is C6H9NO4. The third-order valence-corrected chi connectivity index (χ3v) is 1.64. The highest BCUT2D eigenvalue weighted by molar-refractivity contribution is 5.78. The first kappa shape index (κ1) is 8.00. The average Bonchev–Trinajstić information content (AvgIpc) is 2.63. The minimum atomic E-state index is -1.06. The first-order valence-electron chi connectivity index (χ1n) is 3.29. The Hall–Kier alpha value is -1.10. The summed E-state index contributed by atoms with van der Waals surface area (Å²) < 4.78 is 0. The van der Waals surface area contributed by atoms with Crippen molar-refractivity contribution in [3.63, 3.8) is 0 Å². The van der Waals surface area contributed by atoms with Gasteiger partial charge in [0.15, 0.2) is 0 Å². The number of aliphatic carboxylic acids is 2. The molecule has 0 amide bonds. The lowest BCUT2D eigenvalue weighted by Crippen LogP contribution is -2.24. The molecule has 0 spiro atoms. The highest BCUT2D eigenvalue weighted by atomic mass is 16.4. The molecular weight excluding hydrogens is 150 g/mol. The van der Waals surface area contributed by atoms with Crippen LogP contribution in [0.25, 0.3) is 0 Å². The molecule has 0 aliphatic carbocycles. The van der Waals surface area contributed by atoms with Gasteiger partial charge in [-0.15, -0.1) is 0 Å². The van der Waals surface area contributed by atoms with Crippen LogP contribution in [0.15, 0.2) is 0 Å². The molecule has 1 saturated heterocycles. The second-order valence-electron chi connectivity index (χ2n) is 2.56. The summed E-state index contributed by atoms with van der Waals surface area (Å²) >= 11 is 0. The van der Waals surface area contributed by atoms with E-state index in [1.165, 1.54) is 0 Å². The number of carboxylic acids is 2. The third kappa shape index (κ3) is 2.19. The summed E-state index contributed by atoms with van der Waals surface area (Å²) in [6.07, 6.45) is -0.299. The second-order valence-corrected chi connectivity index (χ2v) is 2.56. The van der Waals surface area contributed by atoms with Crippen LogP contribution in [0.1, 0.15) is 6.42 Å². The van der Waals surface area contributed by atoms with Crippen molar-refractivity contribution in [1.29, 1.82) is 0 Å². The SMILES string of the molecule is O=C(O)C[C@H](C(=O)O)[C@H]1CN1. The fourth-order valence-electron chi connectivity index (χ4n) is 0.942. The highest BCUT2D eigenvalue weighted by Crippen LogP contribution is 2.16. The van der Waals surface area contributed by atoms with Gasteiger partial charge in [0.05, 0.1) is 12.3 Å². The zero-order chi connectivity index (χ0) is 8.43. The maximum atomic E-state index is 10.4. The van der Waals surface area contributed by atoms with E-state index in [1.54, 1.807) is 0 Å². The lowest BCUT2D eigenvalue weighted by molar-refractivity contribution is -0.148. The maximum Gasteiger partial charge on any atom is 0.308 e. The van der Waals surface area contributed by atoms with Crippen LogP contribution in [0.4, 0.5) is 0 Å². The van der Waals surface area contributed by atoms with Crippen LogP contribution in [-0.4, -0.2) is 34.7 Å². The molecule has 0 unspecified atom stereocenters. The average molecular weight is 159 g/mol. The standard InChI is InChI=1S/C6H9NO4/c8-5(9)1-3(6(10)11)4-2-7-4/h3-4,7H,1-2H2,(H,8,9)(H,10,11)/t3-,4+/m0/s1. The molecule has 1 aliphatic heterocycles.